The molecule has 3 rings (SSSR count). The molecule has 1 heterocycles. The van der Waals surface area contributed by atoms with E-state index in [1.54, 1.807) is 30.3 Å². The van der Waals surface area contributed by atoms with Crippen LogP contribution in [0.4, 0.5) is 0 Å². The monoisotopic (exact) mass is 395 g/mol. The van der Waals surface area contributed by atoms with Crippen molar-refractivity contribution < 1.29 is 9.90 Å². The molecular formula is C16H8BrCl2NO2. The molecule has 1 N–H and O–H groups in total. The van der Waals surface area contributed by atoms with E-state index in [4.69, 9.17) is 23.2 Å². The number of fused-ring (bicyclic) bond motifs is 1. The first-order chi connectivity index (χ1) is 10.5. The van der Waals surface area contributed by atoms with Crippen LogP contribution in [0.15, 0.2) is 46.9 Å². The number of hydrogen-bond acceptors (Lipinski definition) is 2. The summed E-state index contributed by atoms with van der Waals surface area (Å²) in [6.07, 6.45) is 0. The summed E-state index contributed by atoms with van der Waals surface area (Å²) in [6, 6.07) is 11.9. The molecule has 3 aromatic rings. The van der Waals surface area contributed by atoms with Gasteiger partial charge in [-0.1, -0.05) is 39.1 Å². The van der Waals surface area contributed by atoms with Crippen molar-refractivity contribution >= 4 is 56.0 Å². The second-order valence-corrected chi connectivity index (χ2v) is 6.41. The summed E-state index contributed by atoms with van der Waals surface area (Å²) in [5, 5.41) is 11.0. The van der Waals surface area contributed by atoms with Gasteiger partial charge in [-0.2, -0.15) is 0 Å². The van der Waals surface area contributed by atoms with Gasteiger partial charge >= 0.3 is 5.97 Å². The minimum Gasteiger partial charge on any atom is -0.478 e. The van der Waals surface area contributed by atoms with Crippen LogP contribution in [0.5, 0.6) is 0 Å². The number of pyridine rings is 1. The lowest BCUT2D eigenvalue weighted by molar-refractivity contribution is 0.0699. The Hall–Kier alpha value is -1.62. The van der Waals surface area contributed by atoms with Crippen molar-refractivity contribution in [2.24, 2.45) is 0 Å². The van der Waals surface area contributed by atoms with Crippen molar-refractivity contribution in [3.8, 4) is 11.3 Å². The van der Waals surface area contributed by atoms with Crippen LogP contribution < -0.4 is 0 Å². The number of aromatic nitrogens is 1. The van der Waals surface area contributed by atoms with Crippen LogP contribution in [0.3, 0.4) is 0 Å². The Balaban J connectivity index is 2.32. The molecule has 0 spiro atoms. The van der Waals surface area contributed by atoms with E-state index < -0.39 is 5.97 Å². The second-order valence-electron chi connectivity index (χ2n) is 4.65. The highest BCUT2D eigenvalue weighted by molar-refractivity contribution is 9.10. The maximum atomic E-state index is 11.6. The normalized spacial score (nSPS) is 10.9. The van der Waals surface area contributed by atoms with Crippen LogP contribution in [-0.2, 0) is 0 Å². The molecule has 2 aromatic carbocycles. The predicted octanol–water partition coefficient (Wildman–Crippen LogP) is 5.67. The van der Waals surface area contributed by atoms with E-state index in [9.17, 15) is 9.90 Å². The van der Waals surface area contributed by atoms with Gasteiger partial charge in [0.1, 0.15) is 0 Å². The van der Waals surface area contributed by atoms with Crippen molar-refractivity contribution in [3.63, 3.8) is 0 Å². The number of aromatic carboxylic acids is 1. The minimum atomic E-state index is -1.02. The first kappa shape index (κ1) is 15.3. The van der Waals surface area contributed by atoms with E-state index in [2.05, 4.69) is 20.9 Å². The average molecular weight is 397 g/mol. The molecule has 1 aromatic heterocycles. The van der Waals surface area contributed by atoms with Crippen molar-refractivity contribution in [1.82, 2.24) is 4.98 Å². The van der Waals surface area contributed by atoms with Crippen LogP contribution in [0.2, 0.25) is 10.0 Å². The fourth-order valence-electron chi connectivity index (χ4n) is 2.21. The maximum Gasteiger partial charge on any atom is 0.336 e. The molecule has 0 aliphatic carbocycles. The van der Waals surface area contributed by atoms with Gasteiger partial charge in [0.05, 0.1) is 21.8 Å². The van der Waals surface area contributed by atoms with Gasteiger partial charge in [0, 0.05) is 20.4 Å². The zero-order valence-electron chi connectivity index (χ0n) is 11.0. The summed E-state index contributed by atoms with van der Waals surface area (Å²) in [4.78, 5) is 16.1. The lowest BCUT2D eigenvalue weighted by atomic mass is 10.0. The van der Waals surface area contributed by atoms with E-state index in [1.807, 2.05) is 6.07 Å². The van der Waals surface area contributed by atoms with Gasteiger partial charge in [0.15, 0.2) is 0 Å². The largest absolute Gasteiger partial charge is 0.478 e. The first-order valence-electron chi connectivity index (χ1n) is 6.25. The molecule has 0 fully saturated rings. The van der Waals surface area contributed by atoms with Crippen molar-refractivity contribution in [1.29, 1.82) is 0 Å². The Morgan fingerprint density at radius 3 is 2.55 bits per heavy atom. The standard InChI is InChI=1S/C16H8BrCl2NO2/c17-8-1-4-14-11(5-8)12(16(21)22)7-15(20-14)10-3-2-9(18)6-13(10)19/h1-7H,(H,21,22). The lowest BCUT2D eigenvalue weighted by Crippen LogP contribution is -2.00. The fraction of sp³-hybridized carbons (Fsp3) is 0. The topological polar surface area (TPSA) is 50.2 Å². The molecule has 0 unspecified atom stereocenters. The highest BCUT2D eigenvalue weighted by Gasteiger charge is 2.15. The van der Waals surface area contributed by atoms with Gasteiger partial charge < -0.3 is 5.11 Å². The van der Waals surface area contributed by atoms with Gasteiger partial charge in [-0.3, -0.25) is 0 Å². The molecule has 3 nitrogen and oxygen atoms in total. The van der Waals surface area contributed by atoms with E-state index >= 15 is 0 Å². The molecule has 0 atom stereocenters. The molecule has 22 heavy (non-hydrogen) atoms. The first-order valence-corrected chi connectivity index (χ1v) is 7.79. The Kier molecular flexibility index (Phi) is 4.08. The zero-order chi connectivity index (χ0) is 15.9. The molecule has 6 heteroatoms. The van der Waals surface area contributed by atoms with Gasteiger partial charge in [0.25, 0.3) is 0 Å². The van der Waals surface area contributed by atoms with Gasteiger partial charge in [-0.15, -0.1) is 0 Å². The van der Waals surface area contributed by atoms with Crippen LogP contribution in [0, 0.1) is 0 Å². The van der Waals surface area contributed by atoms with Crippen LogP contribution >= 0.6 is 39.1 Å². The van der Waals surface area contributed by atoms with Gasteiger partial charge in [-0.05, 0) is 42.5 Å². The molecule has 0 saturated carbocycles. The molecule has 0 aliphatic heterocycles. The third kappa shape index (κ3) is 2.82. The van der Waals surface area contributed by atoms with Crippen molar-refractivity contribution in [2.75, 3.05) is 0 Å². The minimum absolute atomic E-state index is 0.173. The summed E-state index contributed by atoms with van der Waals surface area (Å²) in [5.41, 5.74) is 1.89. The Labute approximate surface area is 144 Å². The van der Waals surface area contributed by atoms with E-state index in [1.165, 1.54) is 6.07 Å². The molecule has 0 radical (unpaired) electrons. The predicted molar refractivity (Wildman–Crippen MR) is 91.9 cm³/mol. The molecule has 0 saturated heterocycles. The SMILES string of the molecule is O=C(O)c1cc(-c2ccc(Cl)cc2Cl)nc2ccc(Br)cc12. The average Bonchev–Trinajstić information content (AvgIpc) is 2.46. The van der Waals surface area contributed by atoms with Gasteiger partial charge in [-0.25, -0.2) is 9.78 Å². The second kappa shape index (κ2) is 5.88. The third-order valence-corrected chi connectivity index (χ3v) is 4.25. The van der Waals surface area contributed by atoms with E-state index in [-0.39, 0.29) is 5.56 Å². The number of carboxylic acid groups (broad SMARTS) is 1. The molecule has 0 bridgehead atoms. The Morgan fingerprint density at radius 2 is 1.86 bits per heavy atom. The van der Waals surface area contributed by atoms with E-state index in [0.717, 1.165) is 4.47 Å². The highest BCUT2D eigenvalue weighted by atomic mass is 79.9. The molecule has 0 aliphatic rings. The highest BCUT2D eigenvalue weighted by Crippen LogP contribution is 2.32. The summed E-state index contributed by atoms with van der Waals surface area (Å²) in [7, 11) is 0. The van der Waals surface area contributed by atoms with Gasteiger partial charge in [0.2, 0.25) is 0 Å². The zero-order valence-corrected chi connectivity index (χ0v) is 14.1. The molecule has 0 amide bonds. The third-order valence-electron chi connectivity index (χ3n) is 3.21. The van der Waals surface area contributed by atoms with Crippen molar-refractivity contribution in [2.45, 2.75) is 0 Å². The smallest absolute Gasteiger partial charge is 0.336 e. The molecule has 110 valence electrons. The quantitative estimate of drug-likeness (QED) is 0.607. The summed E-state index contributed by atoms with van der Waals surface area (Å²) >= 11 is 15.4. The number of nitrogens with zero attached hydrogens (tertiary/aromatic N) is 1. The Bertz CT molecular complexity index is 912. The number of benzene rings is 2. The van der Waals surface area contributed by atoms with E-state index in [0.29, 0.717) is 32.2 Å². The van der Waals surface area contributed by atoms with Crippen LogP contribution in [-0.4, -0.2) is 16.1 Å². The lowest BCUT2D eigenvalue weighted by Gasteiger charge is -2.09. The number of carbonyl (C=O) groups is 1. The number of rotatable bonds is 2. The van der Waals surface area contributed by atoms with Crippen LogP contribution in [0.1, 0.15) is 10.4 Å². The van der Waals surface area contributed by atoms with Crippen LogP contribution in [0.25, 0.3) is 22.2 Å². The number of carboxylic acids is 1. The summed E-state index contributed by atoms with van der Waals surface area (Å²) in [5.74, 6) is -1.02. The number of hydrogen-bond donors (Lipinski definition) is 1. The maximum absolute atomic E-state index is 11.6. The summed E-state index contributed by atoms with van der Waals surface area (Å²) < 4.78 is 0.793. The Morgan fingerprint density at radius 1 is 1.09 bits per heavy atom. The number of halogens is 3. The fourth-order valence-corrected chi connectivity index (χ4v) is 3.08. The molecular weight excluding hydrogens is 389 g/mol. The van der Waals surface area contributed by atoms with Crippen molar-refractivity contribution in [3.05, 3.63) is 62.5 Å². The summed E-state index contributed by atoms with van der Waals surface area (Å²) in [6.45, 7) is 0.